The molecule has 6 heteroatoms. The lowest BCUT2D eigenvalue weighted by Crippen LogP contribution is -2.26. The molecule has 0 aliphatic heterocycles. The standard InChI is InChI=1S/C31H33NO5/c1-5-31(6-2,25-14-18-27(19-15-25)36-22(4)30(33)34)24-12-16-26(17-13-24)35-20-28-21(3)37-29(32-28)23-10-8-7-9-11-23/h7-19,22H,5-6,20H2,1-4H3,(H,33,34). The fourth-order valence-corrected chi connectivity index (χ4v) is 4.63. The number of oxazole rings is 1. The van der Waals surface area contributed by atoms with Gasteiger partial charge in [0.2, 0.25) is 5.89 Å². The molecule has 0 bridgehead atoms. The van der Waals surface area contributed by atoms with Crippen molar-refractivity contribution in [3.8, 4) is 23.0 Å². The van der Waals surface area contributed by atoms with Gasteiger partial charge in [-0.3, -0.25) is 0 Å². The number of aromatic nitrogens is 1. The van der Waals surface area contributed by atoms with Crippen molar-refractivity contribution in [2.45, 2.75) is 58.7 Å². The molecule has 6 nitrogen and oxygen atoms in total. The maximum Gasteiger partial charge on any atom is 0.344 e. The highest BCUT2D eigenvalue weighted by molar-refractivity contribution is 5.72. The van der Waals surface area contributed by atoms with E-state index in [0.29, 0.717) is 18.2 Å². The van der Waals surface area contributed by atoms with Crippen molar-refractivity contribution in [3.63, 3.8) is 0 Å². The van der Waals surface area contributed by atoms with Gasteiger partial charge in [0.15, 0.2) is 6.10 Å². The summed E-state index contributed by atoms with van der Waals surface area (Å²) in [4.78, 5) is 15.7. The van der Waals surface area contributed by atoms with Gasteiger partial charge in [-0.25, -0.2) is 9.78 Å². The second kappa shape index (κ2) is 11.3. The van der Waals surface area contributed by atoms with Crippen LogP contribution in [-0.4, -0.2) is 22.2 Å². The van der Waals surface area contributed by atoms with Crippen molar-refractivity contribution < 1.29 is 23.8 Å². The molecule has 1 N–H and O–H groups in total. The van der Waals surface area contributed by atoms with Crippen molar-refractivity contribution in [2.24, 2.45) is 0 Å². The topological polar surface area (TPSA) is 81.8 Å². The largest absolute Gasteiger partial charge is 0.487 e. The van der Waals surface area contributed by atoms with Gasteiger partial charge < -0.3 is 19.0 Å². The Bertz CT molecular complexity index is 1310. The molecule has 1 unspecified atom stereocenters. The van der Waals surface area contributed by atoms with E-state index in [1.165, 1.54) is 12.5 Å². The molecule has 3 aromatic carbocycles. The molecule has 0 spiro atoms. The van der Waals surface area contributed by atoms with Crippen LogP contribution in [0.15, 0.2) is 83.3 Å². The number of carbonyl (C=O) groups is 1. The summed E-state index contributed by atoms with van der Waals surface area (Å²) in [6, 6.07) is 25.8. The van der Waals surface area contributed by atoms with Crippen LogP contribution < -0.4 is 9.47 Å². The molecule has 0 aliphatic carbocycles. The van der Waals surface area contributed by atoms with Crippen LogP contribution in [-0.2, 0) is 16.8 Å². The maximum absolute atomic E-state index is 11.1. The van der Waals surface area contributed by atoms with Crippen LogP contribution in [0.1, 0.15) is 56.2 Å². The smallest absolute Gasteiger partial charge is 0.344 e. The minimum atomic E-state index is -0.988. The first-order valence-corrected chi connectivity index (χ1v) is 12.6. The molecular formula is C31H33NO5. The van der Waals surface area contributed by atoms with Gasteiger partial charge in [0, 0.05) is 11.0 Å². The van der Waals surface area contributed by atoms with Crippen molar-refractivity contribution >= 4 is 5.97 Å². The number of nitrogens with zero attached hydrogens (tertiary/aromatic N) is 1. The fourth-order valence-electron chi connectivity index (χ4n) is 4.63. The molecule has 1 atom stereocenters. The first-order valence-electron chi connectivity index (χ1n) is 12.6. The van der Waals surface area contributed by atoms with Crippen LogP contribution in [0.2, 0.25) is 0 Å². The Kier molecular flexibility index (Phi) is 7.97. The second-order valence-electron chi connectivity index (χ2n) is 9.11. The number of hydrogen-bond acceptors (Lipinski definition) is 5. The lowest BCUT2D eigenvalue weighted by Gasteiger charge is -2.33. The molecule has 37 heavy (non-hydrogen) atoms. The maximum atomic E-state index is 11.1. The van der Waals surface area contributed by atoms with Gasteiger partial charge in [-0.05, 0) is 74.2 Å². The monoisotopic (exact) mass is 499 g/mol. The molecule has 1 heterocycles. The molecule has 0 saturated carbocycles. The third-order valence-corrected chi connectivity index (χ3v) is 6.97. The number of aryl methyl sites for hydroxylation is 1. The van der Waals surface area contributed by atoms with Crippen LogP contribution in [0.3, 0.4) is 0 Å². The van der Waals surface area contributed by atoms with Crippen LogP contribution in [0.5, 0.6) is 11.5 Å². The molecule has 0 fully saturated rings. The zero-order chi connectivity index (χ0) is 26.4. The molecule has 0 radical (unpaired) electrons. The van der Waals surface area contributed by atoms with E-state index in [1.54, 1.807) is 0 Å². The summed E-state index contributed by atoms with van der Waals surface area (Å²) in [5.74, 6) is 1.66. The predicted molar refractivity (Wildman–Crippen MR) is 143 cm³/mol. The van der Waals surface area contributed by atoms with Crippen molar-refractivity contribution in [1.82, 2.24) is 4.98 Å². The van der Waals surface area contributed by atoms with Gasteiger partial charge in [-0.15, -0.1) is 0 Å². The van der Waals surface area contributed by atoms with E-state index in [-0.39, 0.29) is 5.41 Å². The Hall–Kier alpha value is -4.06. The minimum absolute atomic E-state index is 0.178. The van der Waals surface area contributed by atoms with Gasteiger partial charge in [-0.1, -0.05) is 56.3 Å². The number of carboxylic acids is 1. The van der Waals surface area contributed by atoms with Gasteiger partial charge in [0.25, 0.3) is 0 Å². The number of carboxylic acid groups (broad SMARTS) is 1. The summed E-state index contributed by atoms with van der Waals surface area (Å²) in [5, 5.41) is 9.10. The van der Waals surface area contributed by atoms with Gasteiger partial charge >= 0.3 is 5.97 Å². The first-order chi connectivity index (χ1) is 17.9. The summed E-state index contributed by atoms with van der Waals surface area (Å²) in [7, 11) is 0. The Morgan fingerprint density at radius 1 is 0.919 bits per heavy atom. The molecule has 0 saturated heterocycles. The van der Waals surface area contributed by atoms with Crippen molar-refractivity contribution in [1.29, 1.82) is 0 Å². The van der Waals surface area contributed by atoms with Crippen molar-refractivity contribution in [2.75, 3.05) is 0 Å². The van der Waals surface area contributed by atoms with Crippen LogP contribution in [0.4, 0.5) is 0 Å². The Morgan fingerprint density at radius 2 is 1.49 bits per heavy atom. The van der Waals surface area contributed by atoms with Gasteiger partial charge in [-0.2, -0.15) is 0 Å². The Balaban J connectivity index is 1.48. The molecular weight excluding hydrogens is 466 g/mol. The van der Waals surface area contributed by atoms with E-state index < -0.39 is 12.1 Å². The van der Waals surface area contributed by atoms with Gasteiger partial charge in [0.1, 0.15) is 29.6 Å². The number of aliphatic carboxylic acids is 1. The van der Waals surface area contributed by atoms with E-state index in [4.69, 9.17) is 19.0 Å². The predicted octanol–water partition coefficient (Wildman–Crippen LogP) is 7.19. The minimum Gasteiger partial charge on any atom is -0.487 e. The van der Waals surface area contributed by atoms with Crippen molar-refractivity contribution in [3.05, 3.63) is 101 Å². The van der Waals surface area contributed by atoms with Crippen LogP contribution in [0, 0.1) is 6.92 Å². The summed E-state index contributed by atoms with van der Waals surface area (Å²) in [6.07, 6.45) is 0.928. The highest BCUT2D eigenvalue weighted by Crippen LogP contribution is 2.40. The quantitative estimate of drug-likeness (QED) is 0.235. The second-order valence-corrected chi connectivity index (χ2v) is 9.11. The SMILES string of the molecule is CCC(CC)(c1ccc(OCc2nc(-c3ccccc3)oc2C)cc1)c1ccc(OC(C)C(=O)O)cc1. The third kappa shape index (κ3) is 5.69. The fraction of sp³-hybridized carbons (Fsp3) is 0.290. The van der Waals surface area contributed by atoms with E-state index in [2.05, 4.69) is 31.0 Å². The average molecular weight is 500 g/mol. The van der Waals surface area contributed by atoms with Gasteiger partial charge in [0.05, 0.1) is 0 Å². The summed E-state index contributed by atoms with van der Waals surface area (Å²) >= 11 is 0. The number of benzene rings is 3. The normalized spacial score (nSPS) is 12.2. The van der Waals surface area contributed by atoms with E-state index in [1.807, 2.05) is 73.7 Å². The van der Waals surface area contributed by atoms with E-state index >= 15 is 0 Å². The number of rotatable bonds is 11. The zero-order valence-corrected chi connectivity index (χ0v) is 21.7. The summed E-state index contributed by atoms with van der Waals surface area (Å²) in [5.41, 5.74) is 3.89. The first kappa shape index (κ1) is 26.0. The molecule has 1 aromatic heterocycles. The zero-order valence-electron chi connectivity index (χ0n) is 21.7. The highest BCUT2D eigenvalue weighted by Gasteiger charge is 2.30. The van der Waals surface area contributed by atoms with Crippen LogP contribution in [0.25, 0.3) is 11.5 Å². The molecule has 0 amide bonds. The van der Waals surface area contributed by atoms with E-state index in [0.717, 1.165) is 41.2 Å². The highest BCUT2D eigenvalue weighted by atomic mass is 16.5. The third-order valence-electron chi connectivity index (χ3n) is 6.97. The lowest BCUT2D eigenvalue weighted by molar-refractivity contribution is -0.144. The Labute approximate surface area is 217 Å². The van der Waals surface area contributed by atoms with E-state index in [9.17, 15) is 4.79 Å². The molecule has 4 aromatic rings. The summed E-state index contributed by atoms with van der Waals surface area (Å²) < 4.78 is 17.4. The number of hydrogen-bond donors (Lipinski definition) is 1. The number of ether oxygens (including phenoxy) is 2. The molecule has 0 aliphatic rings. The lowest BCUT2D eigenvalue weighted by atomic mass is 9.70. The average Bonchev–Trinajstić information content (AvgIpc) is 3.30. The Morgan fingerprint density at radius 3 is 2.03 bits per heavy atom. The molecule has 4 rings (SSSR count). The van der Waals surface area contributed by atoms with Crippen LogP contribution >= 0.6 is 0 Å². The summed E-state index contributed by atoms with van der Waals surface area (Å²) in [6.45, 7) is 8.11. The molecule has 192 valence electrons.